The van der Waals surface area contributed by atoms with E-state index in [9.17, 15) is 18.0 Å². The number of hydrogen-bond acceptors (Lipinski definition) is 4. The van der Waals surface area contributed by atoms with Gasteiger partial charge >= 0.3 is 12.1 Å². The first-order valence-electron chi connectivity index (χ1n) is 5.66. The summed E-state index contributed by atoms with van der Waals surface area (Å²) in [5, 5.41) is 0.192. The highest BCUT2D eigenvalue weighted by Gasteiger charge is 2.27. The fraction of sp³-hybridized carbons (Fsp3) is 0.417. The van der Waals surface area contributed by atoms with Gasteiger partial charge in [-0.1, -0.05) is 11.6 Å². The first kappa shape index (κ1) is 16.6. The molecule has 0 saturated heterocycles. The number of alkyl halides is 3. The molecule has 0 amide bonds. The zero-order valence-corrected chi connectivity index (χ0v) is 11.1. The standard InChI is InChI=1S/C12H13ClF3NO3/c13-10-3-2-8(17)6-9(10)11(18)20-5-1-4-19-7-12(14,15)16/h2-3,6H,1,4-5,7,17H2. The van der Waals surface area contributed by atoms with Crippen molar-refractivity contribution in [1.29, 1.82) is 0 Å². The average Bonchev–Trinajstić information content (AvgIpc) is 2.35. The van der Waals surface area contributed by atoms with Gasteiger partial charge in [0.25, 0.3) is 0 Å². The Bertz CT molecular complexity index is 466. The molecular formula is C12H13ClF3NO3. The number of anilines is 1. The number of carbonyl (C=O) groups is 1. The van der Waals surface area contributed by atoms with E-state index in [0.29, 0.717) is 5.69 Å². The predicted molar refractivity (Wildman–Crippen MR) is 67.6 cm³/mol. The molecule has 1 aromatic rings. The van der Waals surface area contributed by atoms with Crippen LogP contribution < -0.4 is 5.73 Å². The van der Waals surface area contributed by atoms with Gasteiger partial charge in [0.2, 0.25) is 0 Å². The van der Waals surface area contributed by atoms with Crippen LogP contribution in [0.2, 0.25) is 5.02 Å². The molecule has 8 heteroatoms. The summed E-state index contributed by atoms with van der Waals surface area (Å²) in [6, 6.07) is 4.36. The van der Waals surface area contributed by atoms with Crippen LogP contribution in [0.1, 0.15) is 16.8 Å². The topological polar surface area (TPSA) is 61.6 Å². The molecule has 2 N–H and O–H groups in total. The molecule has 0 saturated carbocycles. The molecule has 0 unspecified atom stereocenters. The second kappa shape index (κ2) is 7.35. The van der Waals surface area contributed by atoms with Crippen molar-refractivity contribution in [2.75, 3.05) is 25.6 Å². The molecule has 1 aromatic carbocycles. The fourth-order valence-electron chi connectivity index (χ4n) is 1.29. The monoisotopic (exact) mass is 311 g/mol. The molecule has 0 aliphatic rings. The molecule has 4 nitrogen and oxygen atoms in total. The highest BCUT2D eigenvalue weighted by atomic mass is 35.5. The quantitative estimate of drug-likeness (QED) is 0.498. The van der Waals surface area contributed by atoms with Crippen molar-refractivity contribution in [3.63, 3.8) is 0 Å². The van der Waals surface area contributed by atoms with Gasteiger partial charge in [-0.15, -0.1) is 0 Å². The predicted octanol–water partition coefficient (Wildman–Crippen LogP) is 3.05. The van der Waals surface area contributed by atoms with Gasteiger partial charge in [-0.2, -0.15) is 13.2 Å². The highest BCUT2D eigenvalue weighted by molar-refractivity contribution is 6.33. The summed E-state index contributed by atoms with van der Waals surface area (Å²) in [7, 11) is 0. The van der Waals surface area contributed by atoms with Crippen LogP contribution >= 0.6 is 11.6 Å². The van der Waals surface area contributed by atoms with E-state index in [1.54, 1.807) is 0 Å². The molecule has 0 aliphatic carbocycles. The van der Waals surface area contributed by atoms with Gasteiger partial charge in [0.05, 0.1) is 23.8 Å². The largest absolute Gasteiger partial charge is 0.462 e. The van der Waals surface area contributed by atoms with Gasteiger partial charge in [0, 0.05) is 12.1 Å². The van der Waals surface area contributed by atoms with E-state index < -0.39 is 18.8 Å². The first-order valence-corrected chi connectivity index (χ1v) is 6.04. The van der Waals surface area contributed by atoms with E-state index in [-0.39, 0.29) is 30.2 Å². The smallest absolute Gasteiger partial charge is 0.411 e. The van der Waals surface area contributed by atoms with E-state index in [2.05, 4.69) is 4.74 Å². The molecular weight excluding hydrogens is 299 g/mol. The molecule has 1 rings (SSSR count). The van der Waals surface area contributed by atoms with Crippen LogP contribution in [-0.2, 0) is 9.47 Å². The van der Waals surface area contributed by atoms with E-state index in [4.69, 9.17) is 22.1 Å². The number of esters is 1. The van der Waals surface area contributed by atoms with Crippen LogP contribution in [0, 0.1) is 0 Å². The van der Waals surface area contributed by atoms with Crippen LogP contribution in [-0.4, -0.2) is 32.0 Å². The van der Waals surface area contributed by atoms with E-state index in [1.165, 1.54) is 18.2 Å². The summed E-state index contributed by atoms with van der Waals surface area (Å²) >= 11 is 5.80. The number of hydrogen-bond donors (Lipinski definition) is 1. The van der Waals surface area contributed by atoms with Gasteiger partial charge in [-0.25, -0.2) is 4.79 Å². The number of nitrogens with two attached hydrogens (primary N) is 1. The molecule has 112 valence electrons. The molecule has 0 radical (unpaired) electrons. The Hall–Kier alpha value is -1.47. The molecule has 0 atom stereocenters. The Kier molecular flexibility index (Phi) is 6.09. The summed E-state index contributed by atoms with van der Waals surface area (Å²) in [5.41, 5.74) is 5.98. The van der Waals surface area contributed by atoms with Crippen molar-refractivity contribution >= 4 is 23.3 Å². The molecule has 0 bridgehead atoms. The SMILES string of the molecule is Nc1ccc(Cl)c(C(=O)OCCCOCC(F)(F)F)c1. The van der Waals surface area contributed by atoms with E-state index >= 15 is 0 Å². The third kappa shape index (κ3) is 6.12. The summed E-state index contributed by atoms with van der Waals surface area (Å²) in [6.07, 6.45) is -4.20. The van der Waals surface area contributed by atoms with E-state index in [1.807, 2.05) is 0 Å². The maximum absolute atomic E-state index is 11.8. The molecule has 0 aromatic heterocycles. The highest BCUT2D eigenvalue weighted by Crippen LogP contribution is 2.19. The van der Waals surface area contributed by atoms with Crippen LogP contribution in [0.25, 0.3) is 0 Å². The normalized spacial score (nSPS) is 11.4. The van der Waals surface area contributed by atoms with Crippen molar-refractivity contribution in [3.05, 3.63) is 28.8 Å². The lowest BCUT2D eigenvalue weighted by Crippen LogP contribution is -2.18. The van der Waals surface area contributed by atoms with Crippen LogP contribution in [0.4, 0.5) is 18.9 Å². The van der Waals surface area contributed by atoms with Gasteiger partial charge in [-0.3, -0.25) is 0 Å². The summed E-state index contributed by atoms with van der Waals surface area (Å²) in [6.45, 7) is -1.54. The molecule has 0 heterocycles. The average molecular weight is 312 g/mol. The Balaban J connectivity index is 2.28. The molecule has 0 aliphatic heterocycles. The van der Waals surface area contributed by atoms with Crippen molar-refractivity contribution in [1.82, 2.24) is 0 Å². The molecule has 20 heavy (non-hydrogen) atoms. The zero-order chi connectivity index (χ0) is 15.2. The molecule has 0 fully saturated rings. The van der Waals surface area contributed by atoms with Gasteiger partial charge < -0.3 is 15.2 Å². The minimum absolute atomic E-state index is 0.0676. The minimum atomic E-state index is -4.36. The maximum atomic E-state index is 11.8. The Morgan fingerprint density at radius 2 is 2.00 bits per heavy atom. The van der Waals surface area contributed by atoms with Crippen LogP contribution in [0.3, 0.4) is 0 Å². The Morgan fingerprint density at radius 3 is 2.65 bits per heavy atom. The van der Waals surface area contributed by atoms with Crippen molar-refractivity contribution in [2.45, 2.75) is 12.6 Å². The summed E-state index contributed by atoms with van der Waals surface area (Å²) < 4.78 is 44.5. The van der Waals surface area contributed by atoms with Gasteiger partial charge in [-0.05, 0) is 18.2 Å². The van der Waals surface area contributed by atoms with E-state index in [0.717, 1.165) is 0 Å². The second-order valence-electron chi connectivity index (χ2n) is 3.90. The second-order valence-corrected chi connectivity index (χ2v) is 4.30. The van der Waals surface area contributed by atoms with Gasteiger partial charge in [0.1, 0.15) is 6.61 Å². The minimum Gasteiger partial charge on any atom is -0.462 e. The van der Waals surface area contributed by atoms with Gasteiger partial charge in [0.15, 0.2) is 0 Å². The van der Waals surface area contributed by atoms with Crippen molar-refractivity contribution < 1.29 is 27.4 Å². The molecule has 0 spiro atoms. The lowest BCUT2D eigenvalue weighted by molar-refractivity contribution is -0.174. The van der Waals surface area contributed by atoms with Crippen molar-refractivity contribution in [2.24, 2.45) is 0 Å². The Morgan fingerprint density at radius 1 is 1.30 bits per heavy atom. The lowest BCUT2D eigenvalue weighted by atomic mass is 10.2. The number of rotatable bonds is 6. The number of benzene rings is 1. The first-order chi connectivity index (χ1) is 9.29. The summed E-state index contributed by atoms with van der Waals surface area (Å²) in [5.74, 6) is -0.682. The third-order valence-electron chi connectivity index (χ3n) is 2.14. The van der Waals surface area contributed by atoms with Crippen molar-refractivity contribution in [3.8, 4) is 0 Å². The number of carbonyl (C=O) groups excluding carboxylic acids is 1. The van der Waals surface area contributed by atoms with Crippen LogP contribution in [0.15, 0.2) is 18.2 Å². The lowest BCUT2D eigenvalue weighted by Gasteiger charge is -2.09. The number of nitrogen functional groups attached to an aromatic ring is 1. The fourth-order valence-corrected chi connectivity index (χ4v) is 1.49. The number of ether oxygens (including phenoxy) is 2. The maximum Gasteiger partial charge on any atom is 0.411 e. The third-order valence-corrected chi connectivity index (χ3v) is 2.47. The summed E-state index contributed by atoms with van der Waals surface area (Å²) in [4.78, 5) is 11.6. The number of halogens is 4. The Labute approximate surface area is 118 Å². The zero-order valence-electron chi connectivity index (χ0n) is 10.4. The van der Waals surface area contributed by atoms with Crippen LogP contribution in [0.5, 0.6) is 0 Å².